The predicted octanol–water partition coefficient (Wildman–Crippen LogP) is 11.9. The minimum absolute atomic E-state index is 0.137. The van der Waals surface area contributed by atoms with Crippen molar-refractivity contribution in [2.24, 2.45) is 0 Å². The van der Waals surface area contributed by atoms with Gasteiger partial charge in [0.25, 0.3) is 13.4 Å². The van der Waals surface area contributed by atoms with Crippen molar-refractivity contribution in [1.82, 2.24) is 0 Å². The molecule has 0 fully saturated rings. The van der Waals surface area contributed by atoms with Gasteiger partial charge in [0.05, 0.1) is 11.1 Å². The maximum atomic E-state index is 7.40. The van der Waals surface area contributed by atoms with Gasteiger partial charge in [0.2, 0.25) is 0 Å². The van der Waals surface area contributed by atoms with Crippen LogP contribution in [-0.4, -0.2) is 13.4 Å². The molecule has 0 saturated carbocycles. The van der Waals surface area contributed by atoms with Crippen molar-refractivity contribution in [3.05, 3.63) is 224 Å². The van der Waals surface area contributed by atoms with Gasteiger partial charge in [0.15, 0.2) is 0 Å². The largest absolute Gasteiger partial charge is 0.458 e. The first kappa shape index (κ1) is 37.4. The van der Waals surface area contributed by atoms with E-state index in [0.29, 0.717) is 0 Å². The second-order valence-electron chi connectivity index (χ2n) is 18.0. The lowest BCUT2D eigenvalue weighted by Gasteiger charge is -2.42. The van der Waals surface area contributed by atoms with Crippen molar-refractivity contribution < 1.29 is 13.9 Å². The van der Waals surface area contributed by atoms with Crippen molar-refractivity contribution >= 4 is 119 Å². The SMILES string of the molecule is c1ccc(N(c2ccccc2)c2cc3c4c(c2)N(c2ccccc2)c2ccccc2B4c2cc4c(cc2O3)Oc2c3c(cc5oc6ccccc6c25)N(c2ccccc2)c2ccccc2B43)cc1. The molecule has 4 aliphatic heterocycles. The van der Waals surface area contributed by atoms with E-state index >= 15 is 0 Å². The molecule has 10 aromatic carbocycles. The second-order valence-corrected chi connectivity index (χ2v) is 18.0. The Kier molecular flexibility index (Phi) is 7.86. The van der Waals surface area contributed by atoms with Gasteiger partial charge in [-0.15, -0.1) is 0 Å². The molecule has 0 N–H and O–H groups in total. The van der Waals surface area contributed by atoms with Crippen LogP contribution in [0.25, 0.3) is 21.9 Å². The van der Waals surface area contributed by atoms with Crippen molar-refractivity contribution in [2.45, 2.75) is 0 Å². The van der Waals surface area contributed by atoms with E-state index in [1.54, 1.807) is 0 Å². The van der Waals surface area contributed by atoms with Crippen LogP contribution in [0.1, 0.15) is 0 Å². The molecule has 5 heterocycles. The van der Waals surface area contributed by atoms with Gasteiger partial charge in [0, 0.05) is 69.1 Å². The van der Waals surface area contributed by atoms with Crippen molar-refractivity contribution in [1.29, 1.82) is 0 Å². The molecule has 0 amide bonds. The van der Waals surface area contributed by atoms with Crippen LogP contribution >= 0.6 is 0 Å². The second kappa shape index (κ2) is 14.3. The first-order valence-electron chi connectivity index (χ1n) is 23.2. The van der Waals surface area contributed by atoms with Gasteiger partial charge >= 0.3 is 0 Å². The van der Waals surface area contributed by atoms with Gasteiger partial charge < -0.3 is 28.6 Å². The molecule has 0 radical (unpaired) electrons. The van der Waals surface area contributed by atoms with Crippen LogP contribution < -0.4 is 57.0 Å². The molecule has 0 aliphatic carbocycles. The number of hydrogen-bond acceptors (Lipinski definition) is 6. The minimum Gasteiger partial charge on any atom is -0.458 e. The Labute approximate surface area is 393 Å². The molecule has 4 aliphatic rings. The Bertz CT molecular complexity index is 3810. The van der Waals surface area contributed by atoms with E-state index in [-0.39, 0.29) is 13.4 Å². The number of para-hydroxylation sites is 7. The van der Waals surface area contributed by atoms with E-state index in [1.807, 2.05) is 12.1 Å². The van der Waals surface area contributed by atoms with Crippen LogP contribution in [-0.2, 0) is 0 Å². The lowest BCUT2D eigenvalue weighted by molar-refractivity contribution is 0.468. The number of ether oxygens (including phenoxy) is 2. The van der Waals surface area contributed by atoms with Crippen molar-refractivity contribution in [3.63, 3.8) is 0 Å². The zero-order valence-electron chi connectivity index (χ0n) is 36.6. The van der Waals surface area contributed by atoms with Gasteiger partial charge in [-0.1, -0.05) is 133 Å². The van der Waals surface area contributed by atoms with E-state index in [4.69, 9.17) is 13.9 Å². The zero-order valence-corrected chi connectivity index (χ0v) is 36.6. The number of hydrogen-bond donors (Lipinski definition) is 0. The Hall–Kier alpha value is -8.87. The maximum Gasteiger partial charge on any atom is 0.256 e. The number of nitrogens with zero attached hydrogens (tertiary/aromatic N) is 3. The van der Waals surface area contributed by atoms with E-state index in [2.05, 4.69) is 227 Å². The topological polar surface area (TPSA) is 41.3 Å². The molecule has 0 unspecified atom stereocenters. The summed E-state index contributed by atoms with van der Waals surface area (Å²) in [5.41, 5.74) is 18.2. The van der Waals surface area contributed by atoms with E-state index in [0.717, 1.165) is 118 Å². The smallest absolute Gasteiger partial charge is 0.256 e. The monoisotopic (exact) mass is 869 g/mol. The maximum absolute atomic E-state index is 7.40. The number of anilines is 9. The predicted molar refractivity (Wildman–Crippen MR) is 280 cm³/mol. The number of rotatable bonds is 5. The van der Waals surface area contributed by atoms with E-state index in [9.17, 15) is 0 Å². The third kappa shape index (κ3) is 5.31. The Morgan fingerprint density at radius 3 is 1.50 bits per heavy atom. The fourth-order valence-corrected chi connectivity index (χ4v) is 11.6. The third-order valence-corrected chi connectivity index (χ3v) is 14.3. The summed E-state index contributed by atoms with van der Waals surface area (Å²) in [5.74, 6) is 3.18. The van der Waals surface area contributed by atoms with Crippen LogP contribution in [0.2, 0.25) is 0 Å². The minimum atomic E-state index is -0.142. The molecular weight excluding hydrogens is 832 g/mol. The molecule has 0 saturated heterocycles. The highest BCUT2D eigenvalue weighted by Crippen LogP contribution is 2.49. The van der Waals surface area contributed by atoms with Crippen LogP contribution in [0.4, 0.5) is 51.2 Å². The zero-order chi connectivity index (χ0) is 44.5. The van der Waals surface area contributed by atoms with Gasteiger partial charge in [-0.25, -0.2) is 0 Å². The van der Waals surface area contributed by atoms with E-state index in [1.165, 1.54) is 10.9 Å². The Balaban J connectivity index is 0.996. The molecule has 0 bridgehead atoms. The molecule has 1 aromatic heterocycles. The van der Waals surface area contributed by atoms with Crippen LogP contribution in [0, 0.1) is 0 Å². The molecule has 8 heteroatoms. The number of benzene rings is 10. The van der Waals surface area contributed by atoms with Gasteiger partial charge in [-0.3, -0.25) is 0 Å². The van der Waals surface area contributed by atoms with Crippen molar-refractivity contribution in [2.75, 3.05) is 14.7 Å². The average molecular weight is 870 g/mol. The van der Waals surface area contributed by atoms with Crippen molar-refractivity contribution in [3.8, 4) is 23.0 Å². The lowest BCUT2D eigenvalue weighted by atomic mass is 9.31. The summed E-state index contributed by atoms with van der Waals surface area (Å²) < 4.78 is 21.5. The number of fused-ring (bicyclic) bond motifs is 12. The molecule has 68 heavy (non-hydrogen) atoms. The highest BCUT2D eigenvalue weighted by atomic mass is 16.5. The molecule has 316 valence electrons. The number of furan rings is 1. The highest BCUT2D eigenvalue weighted by molar-refractivity contribution is 7.02. The molecule has 0 spiro atoms. The van der Waals surface area contributed by atoms with Crippen LogP contribution in [0.5, 0.6) is 23.0 Å². The Morgan fingerprint density at radius 1 is 0.353 bits per heavy atom. The van der Waals surface area contributed by atoms with E-state index < -0.39 is 0 Å². The van der Waals surface area contributed by atoms with Gasteiger partial charge in [-0.05, 0) is 106 Å². The molecule has 0 atom stereocenters. The average Bonchev–Trinajstić information content (AvgIpc) is 3.78. The summed E-state index contributed by atoms with van der Waals surface area (Å²) in [7, 11) is 0. The summed E-state index contributed by atoms with van der Waals surface area (Å²) in [5, 5.41) is 2.00. The lowest BCUT2D eigenvalue weighted by Crippen LogP contribution is -2.63. The molecule has 15 rings (SSSR count). The molecular formula is C60H37B2N3O3. The third-order valence-electron chi connectivity index (χ3n) is 14.3. The fraction of sp³-hybridized carbons (Fsp3) is 0. The summed E-state index contributed by atoms with van der Waals surface area (Å²) in [4.78, 5) is 7.10. The van der Waals surface area contributed by atoms with Crippen LogP contribution in [0.15, 0.2) is 229 Å². The first-order valence-corrected chi connectivity index (χ1v) is 23.2. The highest BCUT2D eigenvalue weighted by Gasteiger charge is 2.47. The van der Waals surface area contributed by atoms with Gasteiger partial charge in [-0.2, -0.15) is 0 Å². The normalized spacial score (nSPS) is 13.4. The fourth-order valence-electron chi connectivity index (χ4n) is 11.6. The first-order chi connectivity index (χ1) is 33.7. The summed E-state index contributed by atoms with van der Waals surface area (Å²) >= 11 is 0. The summed E-state index contributed by atoms with van der Waals surface area (Å²) in [6.45, 7) is -0.279. The molecule has 11 aromatic rings. The molecule has 6 nitrogen and oxygen atoms in total. The van der Waals surface area contributed by atoms with Crippen LogP contribution in [0.3, 0.4) is 0 Å². The standard InChI is InChI=1S/C60H37B2N3O3/c1-5-19-38(20-6-1)63(39-21-7-2-8-22-39)42-33-50-58-56(34-42)67-53-37-54-47(35-46(53)61(58)44-28-14-16-30-48(44)64(50)40-23-9-3-10-24-40)62-45-29-15-17-31-49(45)65(41-25-11-4-12-26-41)51-36-55-57(60(68-54)59(51)62)43-27-13-18-32-52(43)66-55/h1-37H. The summed E-state index contributed by atoms with van der Waals surface area (Å²) in [6, 6.07) is 79.9. The Morgan fingerprint density at radius 2 is 0.868 bits per heavy atom. The quantitative estimate of drug-likeness (QED) is 0.161. The van der Waals surface area contributed by atoms with Gasteiger partial charge in [0.1, 0.15) is 34.2 Å². The summed E-state index contributed by atoms with van der Waals surface area (Å²) in [6.07, 6.45) is 0.